The Kier molecular flexibility index (Phi) is 6.61. The number of para-hydroxylation sites is 1. The summed E-state index contributed by atoms with van der Waals surface area (Å²) >= 11 is 0. The van der Waals surface area contributed by atoms with Crippen molar-refractivity contribution in [2.45, 2.75) is 19.0 Å². The highest BCUT2D eigenvalue weighted by Gasteiger charge is 2.35. The molecule has 0 saturated heterocycles. The molecule has 0 bridgehead atoms. The zero-order valence-electron chi connectivity index (χ0n) is 19.2. The first-order chi connectivity index (χ1) is 17.2. The molecule has 0 radical (unpaired) electrons. The molecule has 1 atom stereocenters. The van der Waals surface area contributed by atoms with Gasteiger partial charge in [-0.15, -0.1) is 0 Å². The second-order valence-electron chi connectivity index (χ2n) is 8.40. The third-order valence-electron chi connectivity index (χ3n) is 6.17. The van der Waals surface area contributed by atoms with Crippen LogP contribution in [0.4, 0.5) is 0 Å². The molecule has 2 amide bonds. The van der Waals surface area contributed by atoms with E-state index >= 15 is 0 Å². The molecular weight excluding hydrogens is 440 g/mol. The van der Waals surface area contributed by atoms with Gasteiger partial charge in [-0.1, -0.05) is 72.8 Å². The first-order valence-electron chi connectivity index (χ1n) is 11.7. The van der Waals surface area contributed by atoms with Crippen molar-refractivity contribution in [2.75, 3.05) is 13.2 Å². The highest BCUT2D eigenvalue weighted by molar-refractivity contribution is 5.96. The fraction of sp³-hybridized carbons (Fsp3) is 0.172. The van der Waals surface area contributed by atoms with E-state index in [2.05, 4.69) is 5.32 Å². The predicted octanol–water partition coefficient (Wildman–Crippen LogP) is 4.71. The van der Waals surface area contributed by atoms with Crippen LogP contribution in [0.1, 0.15) is 21.7 Å². The molecule has 1 aliphatic heterocycles. The van der Waals surface area contributed by atoms with Gasteiger partial charge in [0, 0.05) is 18.5 Å². The summed E-state index contributed by atoms with van der Waals surface area (Å²) in [5.74, 6) is 0.481. The maximum Gasteiger partial charge on any atom is 0.290 e. The van der Waals surface area contributed by atoms with Crippen LogP contribution in [-0.2, 0) is 17.8 Å². The first kappa shape index (κ1) is 22.5. The van der Waals surface area contributed by atoms with Crippen molar-refractivity contribution in [3.63, 3.8) is 0 Å². The van der Waals surface area contributed by atoms with Crippen LogP contribution in [0, 0.1) is 0 Å². The Hall–Kier alpha value is -4.32. The summed E-state index contributed by atoms with van der Waals surface area (Å²) in [6, 6.07) is 28.4. The Labute approximate surface area is 204 Å². The molecule has 0 spiro atoms. The topological polar surface area (TPSA) is 71.8 Å². The van der Waals surface area contributed by atoms with Gasteiger partial charge in [-0.25, -0.2) is 0 Å². The molecule has 2 heterocycles. The van der Waals surface area contributed by atoms with Crippen LogP contribution in [-0.4, -0.2) is 35.9 Å². The SMILES string of the molecule is O=C(NCCOc1ccccc1-c1ccccc1)C1Cc2ccccc2CN1C(=O)c1ccco1. The van der Waals surface area contributed by atoms with Crippen molar-refractivity contribution in [1.82, 2.24) is 10.2 Å². The van der Waals surface area contributed by atoms with Crippen LogP contribution in [0.25, 0.3) is 11.1 Å². The summed E-state index contributed by atoms with van der Waals surface area (Å²) in [4.78, 5) is 27.9. The molecule has 5 rings (SSSR count). The number of nitrogens with one attached hydrogen (secondary N) is 1. The third-order valence-corrected chi connectivity index (χ3v) is 6.17. The lowest BCUT2D eigenvalue weighted by atomic mass is 9.93. The number of hydrogen-bond donors (Lipinski definition) is 1. The van der Waals surface area contributed by atoms with E-state index in [1.54, 1.807) is 17.0 Å². The predicted molar refractivity (Wildman–Crippen MR) is 133 cm³/mol. The summed E-state index contributed by atoms with van der Waals surface area (Å²) in [5, 5.41) is 2.95. The van der Waals surface area contributed by atoms with Gasteiger partial charge in [-0.2, -0.15) is 0 Å². The molecule has 1 aromatic heterocycles. The molecule has 6 nitrogen and oxygen atoms in total. The first-order valence-corrected chi connectivity index (χ1v) is 11.7. The van der Waals surface area contributed by atoms with E-state index in [1.807, 2.05) is 78.9 Å². The summed E-state index contributed by atoms with van der Waals surface area (Å²) in [7, 11) is 0. The maximum absolute atomic E-state index is 13.2. The van der Waals surface area contributed by atoms with Crippen molar-refractivity contribution in [3.8, 4) is 16.9 Å². The van der Waals surface area contributed by atoms with E-state index in [0.29, 0.717) is 26.1 Å². The van der Waals surface area contributed by atoms with E-state index in [4.69, 9.17) is 9.15 Å². The number of amides is 2. The minimum atomic E-state index is -0.626. The molecule has 1 unspecified atom stereocenters. The average molecular weight is 467 g/mol. The lowest BCUT2D eigenvalue weighted by Gasteiger charge is -2.35. The highest BCUT2D eigenvalue weighted by Crippen LogP contribution is 2.29. The van der Waals surface area contributed by atoms with Gasteiger partial charge in [0.15, 0.2) is 5.76 Å². The number of ether oxygens (including phenoxy) is 1. The monoisotopic (exact) mass is 466 g/mol. The van der Waals surface area contributed by atoms with Gasteiger partial charge in [0.05, 0.1) is 12.8 Å². The standard InChI is InChI=1S/C29H26N2O4/c32-28(30-16-18-35-26-14-7-6-13-24(26)21-9-2-1-3-10-21)25-19-22-11-4-5-12-23(22)20-31(25)29(33)27-15-8-17-34-27/h1-15,17,25H,16,18-20H2,(H,30,32). The van der Waals surface area contributed by atoms with Gasteiger partial charge in [0.1, 0.15) is 18.4 Å². The fourth-order valence-electron chi connectivity index (χ4n) is 4.41. The van der Waals surface area contributed by atoms with Crippen LogP contribution < -0.4 is 10.1 Å². The van der Waals surface area contributed by atoms with Crippen molar-refractivity contribution < 1.29 is 18.7 Å². The maximum atomic E-state index is 13.2. The molecule has 4 aromatic rings. The molecule has 1 N–H and O–H groups in total. The molecular formula is C29H26N2O4. The highest BCUT2D eigenvalue weighted by atomic mass is 16.5. The Morgan fingerprint density at radius 2 is 1.63 bits per heavy atom. The number of furan rings is 1. The van der Waals surface area contributed by atoms with Gasteiger partial charge < -0.3 is 19.4 Å². The number of rotatable bonds is 7. The average Bonchev–Trinajstić information content (AvgIpc) is 3.46. The number of carbonyl (C=O) groups excluding carboxylic acids is 2. The molecule has 3 aromatic carbocycles. The summed E-state index contributed by atoms with van der Waals surface area (Å²) in [6.07, 6.45) is 1.91. The molecule has 35 heavy (non-hydrogen) atoms. The number of carbonyl (C=O) groups is 2. The summed E-state index contributed by atoms with van der Waals surface area (Å²) in [6.45, 7) is 0.989. The van der Waals surface area contributed by atoms with Gasteiger partial charge >= 0.3 is 0 Å². The van der Waals surface area contributed by atoms with Crippen LogP contribution in [0.2, 0.25) is 0 Å². The van der Waals surface area contributed by atoms with E-state index in [0.717, 1.165) is 28.0 Å². The molecule has 0 fully saturated rings. The van der Waals surface area contributed by atoms with Gasteiger partial charge in [-0.05, 0) is 34.9 Å². The van der Waals surface area contributed by atoms with Crippen molar-refractivity contribution in [3.05, 3.63) is 114 Å². The fourth-order valence-corrected chi connectivity index (χ4v) is 4.41. The minimum Gasteiger partial charge on any atom is -0.491 e. The smallest absolute Gasteiger partial charge is 0.290 e. The molecule has 0 aliphatic carbocycles. The quantitative estimate of drug-likeness (QED) is 0.401. The van der Waals surface area contributed by atoms with Gasteiger partial charge in [0.25, 0.3) is 5.91 Å². The summed E-state index contributed by atoms with van der Waals surface area (Å²) in [5.41, 5.74) is 4.18. The molecule has 176 valence electrons. The van der Waals surface area contributed by atoms with Crippen LogP contribution in [0.5, 0.6) is 5.75 Å². The van der Waals surface area contributed by atoms with Gasteiger partial charge in [-0.3, -0.25) is 9.59 Å². The molecule has 0 saturated carbocycles. The second kappa shape index (κ2) is 10.3. The van der Waals surface area contributed by atoms with E-state index in [1.165, 1.54) is 6.26 Å². The van der Waals surface area contributed by atoms with Gasteiger partial charge in [0.2, 0.25) is 5.91 Å². The minimum absolute atomic E-state index is 0.209. The van der Waals surface area contributed by atoms with Crippen molar-refractivity contribution in [2.24, 2.45) is 0 Å². The Bertz CT molecular complexity index is 1300. The zero-order chi connectivity index (χ0) is 24.0. The largest absolute Gasteiger partial charge is 0.491 e. The van der Waals surface area contributed by atoms with Crippen molar-refractivity contribution in [1.29, 1.82) is 0 Å². The van der Waals surface area contributed by atoms with Crippen LogP contribution >= 0.6 is 0 Å². The number of fused-ring (bicyclic) bond motifs is 1. The number of benzene rings is 3. The van der Waals surface area contributed by atoms with E-state index in [9.17, 15) is 9.59 Å². The normalized spacial score (nSPS) is 14.7. The van der Waals surface area contributed by atoms with Crippen LogP contribution in [0.3, 0.4) is 0 Å². The van der Waals surface area contributed by atoms with Crippen molar-refractivity contribution >= 4 is 11.8 Å². The number of hydrogen-bond acceptors (Lipinski definition) is 4. The number of nitrogens with zero attached hydrogens (tertiary/aromatic N) is 1. The Morgan fingerprint density at radius 1 is 0.886 bits per heavy atom. The third kappa shape index (κ3) is 4.96. The Balaban J connectivity index is 1.25. The lowest BCUT2D eigenvalue weighted by Crippen LogP contribution is -2.53. The van der Waals surface area contributed by atoms with E-state index in [-0.39, 0.29) is 17.6 Å². The molecule has 6 heteroatoms. The lowest BCUT2D eigenvalue weighted by molar-refractivity contribution is -0.126. The summed E-state index contributed by atoms with van der Waals surface area (Å²) < 4.78 is 11.3. The van der Waals surface area contributed by atoms with E-state index < -0.39 is 6.04 Å². The van der Waals surface area contributed by atoms with Crippen LogP contribution in [0.15, 0.2) is 102 Å². The zero-order valence-corrected chi connectivity index (χ0v) is 19.2. The molecule has 1 aliphatic rings. The second-order valence-corrected chi connectivity index (χ2v) is 8.40. The Morgan fingerprint density at radius 3 is 2.43 bits per heavy atom.